The first-order valence-electron chi connectivity index (χ1n) is 5.85. The minimum Gasteiger partial charge on any atom is -0.373 e. The normalized spacial score (nSPS) is 20.6. The summed E-state index contributed by atoms with van der Waals surface area (Å²) in [5.74, 6) is -0.759. The number of imide groups is 1. The van der Waals surface area contributed by atoms with E-state index in [0.717, 1.165) is 4.31 Å². The molecule has 0 aliphatic carbocycles. The van der Waals surface area contributed by atoms with E-state index in [-0.39, 0.29) is 11.4 Å². The Bertz CT molecular complexity index is 641. The van der Waals surface area contributed by atoms with Crippen LogP contribution in [0.25, 0.3) is 0 Å². The van der Waals surface area contributed by atoms with Crippen LogP contribution in [-0.2, 0) is 19.6 Å². The molecule has 1 atom stereocenters. The van der Waals surface area contributed by atoms with E-state index in [1.807, 2.05) is 0 Å². The fourth-order valence-corrected chi connectivity index (χ4v) is 3.30. The highest BCUT2D eigenvalue weighted by Gasteiger charge is 2.38. The molecule has 1 fully saturated rings. The molecule has 0 aromatic carbocycles. The van der Waals surface area contributed by atoms with Crippen LogP contribution in [-0.4, -0.2) is 49.2 Å². The molecule has 0 bridgehead atoms. The molecule has 2 heterocycles. The number of piperazine rings is 1. The third-order valence-electron chi connectivity index (χ3n) is 2.97. The van der Waals surface area contributed by atoms with Crippen LogP contribution in [0.2, 0.25) is 0 Å². The van der Waals surface area contributed by atoms with E-state index >= 15 is 0 Å². The minimum absolute atomic E-state index is 0.0640. The van der Waals surface area contributed by atoms with Crippen molar-refractivity contribution in [2.75, 3.05) is 18.9 Å². The summed E-state index contributed by atoms with van der Waals surface area (Å²) in [6.07, 6.45) is 1.19. The van der Waals surface area contributed by atoms with E-state index < -0.39 is 27.9 Å². The van der Waals surface area contributed by atoms with E-state index in [1.165, 1.54) is 25.3 Å². The van der Waals surface area contributed by atoms with E-state index in [4.69, 9.17) is 0 Å². The highest BCUT2D eigenvalue weighted by atomic mass is 32.2. The zero-order chi connectivity index (χ0) is 14.9. The monoisotopic (exact) mass is 298 g/mol. The van der Waals surface area contributed by atoms with Crippen LogP contribution in [0.5, 0.6) is 0 Å². The molecular weight excluding hydrogens is 284 g/mol. The molecule has 0 saturated carbocycles. The van der Waals surface area contributed by atoms with E-state index in [0.29, 0.717) is 5.82 Å². The van der Waals surface area contributed by atoms with Crippen molar-refractivity contribution in [2.45, 2.75) is 17.9 Å². The predicted octanol–water partition coefficient (Wildman–Crippen LogP) is -0.841. The first-order valence-corrected chi connectivity index (χ1v) is 7.29. The van der Waals surface area contributed by atoms with Crippen LogP contribution in [0, 0.1) is 0 Å². The number of sulfonamides is 1. The first-order chi connectivity index (χ1) is 9.36. The number of anilines is 1. The lowest BCUT2D eigenvalue weighted by molar-refractivity contribution is -0.136. The summed E-state index contributed by atoms with van der Waals surface area (Å²) in [5, 5.41) is 4.86. The summed E-state index contributed by atoms with van der Waals surface area (Å²) < 4.78 is 25.7. The van der Waals surface area contributed by atoms with Gasteiger partial charge < -0.3 is 5.32 Å². The number of rotatable bonds is 3. The zero-order valence-corrected chi connectivity index (χ0v) is 11.8. The van der Waals surface area contributed by atoms with Gasteiger partial charge in [-0.25, -0.2) is 13.4 Å². The SMILES string of the molecule is CNc1ccc(S(=O)(=O)N2CC(=O)NC(=O)C2C)cn1. The Balaban J connectivity index is 2.37. The number of nitrogens with one attached hydrogen (secondary N) is 2. The van der Waals surface area contributed by atoms with Crippen LogP contribution >= 0.6 is 0 Å². The predicted molar refractivity (Wildman–Crippen MR) is 70.3 cm³/mol. The summed E-state index contributed by atoms with van der Waals surface area (Å²) in [7, 11) is -2.28. The number of nitrogens with zero attached hydrogens (tertiary/aromatic N) is 2. The van der Waals surface area contributed by atoms with Gasteiger partial charge in [0.15, 0.2) is 0 Å². The van der Waals surface area contributed by atoms with Crippen molar-refractivity contribution >= 4 is 27.7 Å². The number of hydrogen-bond donors (Lipinski definition) is 2. The van der Waals surface area contributed by atoms with Gasteiger partial charge in [-0.05, 0) is 19.1 Å². The molecule has 20 heavy (non-hydrogen) atoms. The minimum atomic E-state index is -3.94. The number of pyridine rings is 1. The smallest absolute Gasteiger partial charge is 0.245 e. The number of aromatic nitrogens is 1. The van der Waals surface area contributed by atoms with Gasteiger partial charge in [0.25, 0.3) is 0 Å². The molecule has 9 heteroatoms. The first kappa shape index (κ1) is 14.4. The third-order valence-corrected chi connectivity index (χ3v) is 4.87. The van der Waals surface area contributed by atoms with Gasteiger partial charge in [0.2, 0.25) is 21.8 Å². The molecule has 1 saturated heterocycles. The maximum atomic E-state index is 12.4. The second-order valence-electron chi connectivity index (χ2n) is 4.27. The van der Waals surface area contributed by atoms with Gasteiger partial charge in [-0.2, -0.15) is 4.31 Å². The molecule has 2 rings (SSSR count). The molecule has 1 aromatic heterocycles. The standard InChI is InChI=1S/C11H14N4O4S/c1-7-11(17)14-10(16)6-15(7)20(18,19)8-3-4-9(12-2)13-5-8/h3-5,7H,6H2,1-2H3,(H,12,13)(H,14,16,17). The van der Waals surface area contributed by atoms with Gasteiger partial charge in [0.1, 0.15) is 16.8 Å². The van der Waals surface area contributed by atoms with Crippen LogP contribution < -0.4 is 10.6 Å². The Morgan fingerprint density at radius 2 is 2.10 bits per heavy atom. The topological polar surface area (TPSA) is 108 Å². The number of carbonyl (C=O) groups is 2. The second kappa shape index (κ2) is 5.17. The van der Waals surface area contributed by atoms with Gasteiger partial charge >= 0.3 is 0 Å². The quantitative estimate of drug-likeness (QED) is 0.704. The van der Waals surface area contributed by atoms with Crippen molar-refractivity contribution < 1.29 is 18.0 Å². The summed E-state index contributed by atoms with van der Waals surface area (Å²) >= 11 is 0. The zero-order valence-electron chi connectivity index (χ0n) is 11.0. The number of amides is 2. The Labute approximate surface area is 116 Å². The largest absolute Gasteiger partial charge is 0.373 e. The highest BCUT2D eigenvalue weighted by molar-refractivity contribution is 7.89. The van der Waals surface area contributed by atoms with Gasteiger partial charge in [-0.3, -0.25) is 14.9 Å². The lowest BCUT2D eigenvalue weighted by Crippen LogP contribution is -2.58. The van der Waals surface area contributed by atoms with E-state index in [1.54, 1.807) is 7.05 Å². The average Bonchev–Trinajstić information content (AvgIpc) is 2.42. The Morgan fingerprint density at radius 3 is 2.65 bits per heavy atom. The van der Waals surface area contributed by atoms with Crippen LogP contribution in [0.15, 0.2) is 23.2 Å². The van der Waals surface area contributed by atoms with Crippen molar-refractivity contribution in [1.82, 2.24) is 14.6 Å². The van der Waals surface area contributed by atoms with Gasteiger partial charge in [-0.1, -0.05) is 0 Å². The van der Waals surface area contributed by atoms with Crippen LogP contribution in [0.4, 0.5) is 5.82 Å². The fraction of sp³-hybridized carbons (Fsp3) is 0.364. The van der Waals surface area contributed by atoms with Crippen LogP contribution in [0.1, 0.15) is 6.92 Å². The highest BCUT2D eigenvalue weighted by Crippen LogP contribution is 2.20. The van der Waals surface area contributed by atoms with Crippen molar-refractivity contribution in [2.24, 2.45) is 0 Å². The van der Waals surface area contributed by atoms with E-state index in [9.17, 15) is 18.0 Å². The molecule has 108 valence electrons. The summed E-state index contributed by atoms with van der Waals surface area (Å²) in [4.78, 5) is 26.7. The third kappa shape index (κ3) is 2.49. The van der Waals surface area contributed by atoms with Gasteiger partial charge in [0, 0.05) is 13.2 Å². The molecule has 1 aliphatic heterocycles. The molecule has 1 aromatic rings. The fourth-order valence-electron chi connectivity index (χ4n) is 1.80. The van der Waals surface area contributed by atoms with Crippen molar-refractivity contribution in [3.63, 3.8) is 0 Å². The Kier molecular flexibility index (Phi) is 3.73. The van der Waals surface area contributed by atoms with Gasteiger partial charge in [0.05, 0.1) is 6.54 Å². The molecular formula is C11H14N4O4S. The van der Waals surface area contributed by atoms with Crippen LogP contribution in [0.3, 0.4) is 0 Å². The lowest BCUT2D eigenvalue weighted by atomic mass is 10.2. The van der Waals surface area contributed by atoms with Crippen molar-refractivity contribution in [1.29, 1.82) is 0 Å². The van der Waals surface area contributed by atoms with Gasteiger partial charge in [-0.15, -0.1) is 0 Å². The number of carbonyl (C=O) groups excluding carboxylic acids is 2. The Morgan fingerprint density at radius 1 is 1.40 bits per heavy atom. The van der Waals surface area contributed by atoms with E-state index in [2.05, 4.69) is 15.6 Å². The molecule has 2 amide bonds. The molecule has 8 nitrogen and oxygen atoms in total. The summed E-state index contributed by atoms with van der Waals surface area (Å²) in [6.45, 7) is 1.04. The second-order valence-corrected chi connectivity index (χ2v) is 6.16. The maximum Gasteiger partial charge on any atom is 0.245 e. The average molecular weight is 298 g/mol. The molecule has 1 aliphatic rings. The maximum absolute atomic E-state index is 12.4. The van der Waals surface area contributed by atoms with Crippen molar-refractivity contribution in [3.05, 3.63) is 18.3 Å². The summed E-state index contributed by atoms with van der Waals surface area (Å²) in [5.41, 5.74) is 0. The number of hydrogen-bond acceptors (Lipinski definition) is 6. The Hall–Kier alpha value is -2.00. The molecule has 1 unspecified atom stereocenters. The molecule has 2 N–H and O–H groups in total. The molecule has 0 spiro atoms. The lowest BCUT2D eigenvalue weighted by Gasteiger charge is -2.30. The molecule has 0 radical (unpaired) electrons. The van der Waals surface area contributed by atoms with Crippen molar-refractivity contribution in [3.8, 4) is 0 Å². The summed E-state index contributed by atoms with van der Waals surface area (Å²) in [6, 6.07) is 1.93.